The van der Waals surface area contributed by atoms with Gasteiger partial charge in [-0.2, -0.15) is 4.31 Å². The van der Waals surface area contributed by atoms with E-state index in [0.29, 0.717) is 25.5 Å². The van der Waals surface area contributed by atoms with E-state index in [9.17, 15) is 18.0 Å². The number of ether oxygens (including phenoxy) is 2. The van der Waals surface area contributed by atoms with Crippen LogP contribution in [0.3, 0.4) is 0 Å². The van der Waals surface area contributed by atoms with Crippen LogP contribution in [0.4, 0.5) is 5.69 Å². The summed E-state index contributed by atoms with van der Waals surface area (Å²) >= 11 is 0. The Morgan fingerprint density at radius 2 is 1.81 bits per heavy atom. The maximum atomic E-state index is 13.1. The van der Waals surface area contributed by atoms with Crippen molar-refractivity contribution in [3.05, 3.63) is 53.6 Å². The van der Waals surface area contributed by atoms with Crippen molar-refractivity contribution in [1.29, 1.82) is 0 Å². The van der Waals surface area contributed by atoms with Gasteiger partial charge in [-0.1, -0.05) is 24.3 Å². The highest BCUT2D eigenvalue weighted by Crippen LogP contribution is 2.35. The minimum Gasteiger partial charge on any atom is -0.482 e. The lowest BCUT2D eigenvalue weighted by atomic mass is 10.00. The van der Waals surface area contributed by atoms with Crippen molar-refractivity contribution in [1.82, 2.24) is 14.5 Å². The first-order chi connectivity index (χ1) is 17.9. The molecular weight excluding hydrogens is 496 g/mol. The van der Waals surface area contributed by atoms with Crippen molar-refractivity contribution in [3.8, 4) is 5.75 Å². The summed E-state index contributed by atoms with van der Waals surface area (Å²) in [6.45, 7) is 4.09. The minimum absolute atomic E-state index is 0.0555. The highest BCUT2D eigenvalue weighted by molar-refractivity contribution is 7.89. The Balaban J connectivity index is 1.17. The van der Waals surface area contributed by atoms with Gasteiger partial charge in [0.2, 0.25) is 15.9 Å². The van der Waals surface area contributed by atoms with E-state index in [1.807, 2.05) is 0 Å². The van der Waals surface area contributed by atoms with Crippen LogP contribution in [-0.4, -0.2) is 88.5 Å². The molecule has 0 saturated carbocycles. The molecule has 11 heteroatoms. The van der Waals surface area contributed by atoms with Crippen LogP contribution in [0.1, 0.15) is 17.5 Å². The van der Waals surface area contributed by atoms with Gasteiger partial charge in [0.1, 0.15) is 12.3 Å². The van der Waals surface area contributed by atoms with Gasteiger partial charge in [0.15, 0.2) is 6.61 Å². The summed E-state index contributed by atoms with van der Waals surface area (Å²) in [4.78, 5) is 29.1. The van der Waals surface area contributed by atoms with Gasteiger partial charge < -0.3 is 14.8 Å². The fourth-order valence-corrected chi connectivity index (χ4v) is 6.36. The predicted octanol–water partition coefficient (Wildman–Crippen LogP) is 0.998. The molecule has 3 heterocycles. The number of carbonyl (C=O) groups is 2. The summed E-state index contributed by atoms with van der Waals surface area (Å²) in [6, 6.07) is 12.9. The van der Waals surface area contributed by atoms with E-state index in [2.05, 4.69) is 34.5 Å². The Labute approximate surface area is 217 Å². The Bertz CT molecular complexity index is 1260. The van der Waals surface area contributed by atoms with Gasteiger partial charge in [-0.3, -0.25) is 19.4 Å². The zero-order chi connectivity index (χ0) is 25.8. The monoisotopic (exact) mass is 528 g/mol. The standard InChI is InChI=1S/C26H32N4O6S/c31-25(27-9-3-10-28-11-8-20-4-1-2-5-21(20)17-28)18-30-23-16-22(6-7-24(23)36-19-26(30)32)37(33,34)29-12-14-35-15-13-29/h1-2,4-7,16H,3,8-15,17-19H2,(H,27,31). The Morgan fingerprint density at radius 3 is 2.62 bits per heavy atom. The number of hydrogen-bond acceptors (Lipinski definition) is 7. The average molecular weight is 529 g/mol. The molecule has 1 N–H and O–H groups in total. The molecule has 0 aliphatic carbocycles. The van der Waals surface area contributed by atoms with E-state index in [1.165, 1.54) is 38.5 Å². The number of sulfonamides is 1. The molecule has 0 bridgehead atoms. The van der Waals surface area contributed by atoms with Gasteiger partial charge in [0.25, 0.3) is 5.91 Å². The highest BCUT2D eigenvalue weighted by Gasteiger charge is 2.32. The largest absolute Gasteiger partial charge is 0.482 e. The number of nitrogens with zero attached hydrogens (tertiary/aromatic N) is 3. The molecule has 37 heavy (non-hydrogen) atoms. The molecule has 198 valence electrons. The number of benzene rings is 2. The molecular formula is C26H32N4O6S. The molecule has 0 spiro atoms. The van der Waals surface area contributed by atoms with Crippen LogP contribution in [0.5, 0.6) is 5.75 Å². The molecule has 10 nitrogen and oxygen atoms in total. The molecule has 1 fully saturated rings. The van der Waals surface area contributed by atoms with Crippen molar-refractivity contribution >= 4 is 27.5 Å². The molecule has 2 amide bonds. The van der Waals surface area contributed by atoms with E-state index >= 15 is 0 Å². The molecule has 1 saturated heterocycles. The SMILES string of the molecule is O=C(CN1C(=O)COc2ccc(S(=O)(=O)N3CCOCC3)cc21)NCCCN1CCc2ccccc2C1. The van der Waals surface area contributed by atoms with Gasteiger partial charge in [-0.25, -0.2) is 8.42 Å². The molecule has 0 atom stereocenters. The van der Waals surface area contributed by atoms with Crippen molar-refractivity contribution in [2.24, 2.45) is 0 Å². The quantitative estimate of drug-likeness (QED) is 0.509. The number of nitrogens with one attached hydrogen (secondary N) is 1. The van der Waals surface area contributed by atoms with Gasteiger partial charge in [0.05, 0.1) is 23.8 Å². The Kier molecular flexibility index (Phi) is 7.75. The van der Waals surface area contributed by atoms with Crippen LogP contribution in [0.15, 0.2) is 47.4 Å². The first-order valence-electron chi connectivity index (χ1n) is 12.6. The van der Waals surface area contributed by atoms with E-state index in [-0.39, 0.29) is 42.7 Å². The van der Waals surface area contributed by atoms with Crippen LogP contribution < -0.4 is 15.0 Å². The van der Waals surface area contributed by atoms with E-state index in [0.717, 1.165) is 32.5 Å². The second kappa shape index (κ2) is 11.2. The number of fused-ring (bicyclic) bond motifs is 2. The van der Waals surface area contributed by atoms with Crippen molar-refractivity contribution < 1.29 is 27.5 Å². The number of morpholine rings is 1. The lowest BCUT2D eigenvalue weighted by Crippen LogP contribution is -2.45. The third kappa shape index (κ3) is 5.80. The van der Waals surface area contributed by atoms with Crippen LogP contribution in [-0.2, 0) is 37.3 Å². The molecule has 3 aliphatic heterocycles. The van der Waals surface area contributed by atoms with Crippen molar-refractivity contribution in [3.63, 3.8) is 0 Å². The molecule has 5 rings (SSSR count). The average Bonchev–Trinajstić information content (AvgIpc) is 2.93. The first kappa shape index (κ1) is 25.7. The second-order valence-electron chi connectivity index (χ2n) is 9.41. The van der Waals surface area contributed by atoms with Crippen molar-refractivity contribution in [2.75, 3.05) is 64.0 Å². The van der Waals surface area contributed by atoms with E-state index < -0.39 is 15.9 Å². The minimum atomic E-state index is -3.76. The maximum absolute atomic E-state index is 13.1. The smallest absolute Gasteiger partial charge is 0.265 e. The normalized spacial score (nSPS) is 18.6. The fraction of sp³-hybridized carbons (Fsp3) is 0.462. The van der Waals surface area contributed by atoms with Gasteiger partial charge in [-0.05, 0) is 42.2 Å². The Hall–Kier alpha value is -2.99. The van der Waals surface area contributed by atoms with Gasteiger partial charge >= 0.3 is 0 Å². The first-order valence-corrected chi connectivity index (χ1v) is 14.1. The zero-order valence-electron chi connectivity index (χ0n) is 20.7. The predicted molar refractivity (Wildman–Crippen MR) is 137 cm³/mol. The molecule has 2 aromatic carbocycles. The number of hydrogen-bond donors (Lipinski definition) is 1. The van der Waals surface area contributed by atoms with E-state index in [1.54, 1.807) is 0 Å². The topological polar surface area (TPSA) is 108 Å². The van der Waals surface area contributed by atoms with Crippen LogP contribution in [0, 0.1) is 0 Å². The lowest BCUT2D eigenvalue weighted by Gasteiger charge is -2.30. The van der Waals surface area contributed by atoms with Crippen LogP contribution in [0.2, 0.25) is 0 Å². The molecule has 0 radical (unpaired) electrons. The van der Waals surface area contributed by atoms with Gasteiger partial charge in [-0.15, -0.1) is 0 Å². The van der Waals surface area contributed by atoms with Crippen molar-refractivity contribution in [2.45, 2.75) is 24.3 Å². The summed E-state index contributed by atoms with van der Waals surface area (Å²) in [6.07, 6.45) is 1.83. The fourth-order valence-electron chi connectivity index (χ4n) is 4.93. The number of rotatable bonds is 8. The molecule has 2 aromatic rings. The summed E-state index contributed by atoms with van der Waals surface area (Å²) in [5.41, 5.74) is 3.05. The summed E-state index contributed by atoms with van der Waals surface area (Å²) in [5, 5.41) is 2.90. The third-order valence-electron chi connectivity index (χ3n) is 6.97. The molecule has 3 aliphatic rings. The van der Waals surface area contributed by atoms with E-state index in [4.69, 9.17) is 9.47 Å². The molecule has 0 aromatic heterocycles. The second-order valence-corrected chi connectivity index (χ2v) is 11.4. The lowest BCUT2D eigenvalue weighted by molar-refractivity contribution is -0.125. The van der Waals surface area contributed by atoms with Crippen LogP contribution >= 0.6 is 0 Å². The summed E-state index contributed by atoms with van der Waals surface area (Å²) in [5.74, 6) is -0.319. The number of amides is 2. The summed E-state index contributed by atoms with van der Waals surface area (Å²) < 4.78 is 38.3. The van der Waals surface area contributed by atoms with Crippen LogP contribution in [0.25, 0.3) is 0 Å². The van der Waals surface area contributed by atoms with Gasteiger partial charge in [0, 0.05) is 39.3 Å². The zero-order valence-corrected chi connectivity index (χ0v) is 21.5. The molecule has 0 unspecified atom stereocenters. The highest BCUT2D eigenvalue weighted by atomic mass is 32.2. The number of anilines is 1. The maximum Gasteiger partial charge on any atom is 0.265 e. The Morgan fingerprint density at radius 1 is 1.03 bits per heavy atom. The number of carbonyl (C=O) groups excluding carboxylic acids is 2. The summed E-state index contributed by atoms with van der Waals surface area (Å²) in [7, 11) is -3.76. The third-order valence-corrected chi connectivity index (χ3v) is 8.86.